The summed E-state index contributed by atoms with van der Waals surface area (Å²) in [6, 6.07) is 4.38. The second-order valence-electron chi connectivity index (χ2n) is 18.0. The molecule has 10 heteroatoms. The van der Waals surface area contributed by atoms with Gasteiger partial charge in [-0.3, -0.25) is 19.2 Å². The monoisotopic (exact) mass is 741 g/mol. The number of rotatable bonds is 6. The van der Waals surface area contributed by atoms with Crippen LogP contribution in [0.25, 0.3) is 0 Å². The van der Waals surface area contributed by atoms with E-state index in [0.29, 0.717) is 18.8 Å². The minimum atomic E-state index is -0.805. The van der Waals surface area contributed by atoms with Crippen molar-refractivity contribution in [1.29, 1.82) is 0 Å². The molecule has 4 fully saturated rings. The molecule has 1 N–H and O–H groups in total. The number of amides is 1. The highest BCUT2D eigenvalue weighted by Gasteiger charge is 2.72. The van der Waals surface area contributed by atoms with E-state index < -0.39 is 46.8 Å². The summed E-state index contributed by atoms with van der Waals surface area (Å²) in [5.74, 6) is -1.16. The average Bonchev–Trinajstić information content (AvgIpc) is 3.05. The van der Waals surface area contributed by atoms with Gasteiger partial charge >= 0.3 is 17.9 Å². The van der Waals surface area contributed by atoms with E-state index >= 15 is 4.39 Å². The lowest BCUT2D eigenvalue weighted by Gasteiger charge is -2.72. The van der Waals surface area contributed by atoms with Gasteiger partial charge in [-0.1, -0.05) is 64.8 Å². The number of allylic oxidation sites excluding steroid dienone is 2. The van der Waals surface area contributed by atoms with E-state index in [1.165, 1.54) is 32.4 Å². The van der Waals surface area contributed by atoms with Crippen LogP contribution in [0.4, 0.5) is 10.1 Å². The van der Waals surface area contributed by atoms with Crippen molar-refractivity contribution in [2.75, 3.05) is 11.9 Å². The van der Waals surface area contributed by atoms with Gasteiger partial charge in [-0.05, 0) is 115 Å². The fraction of sp³-hybridized carbons (Fsp3) is 0.714. The molecule has 1 aromatic rings. The number of esters is 3. The Kier molecular flexibility index (Phi) is 10.0. The molecule has 4 saturated carbocycles. The number of fused-ring (bicyclic) bond motifs is 7. The number of hydrogen-bond acceptors (Lipinski definition) is 7. The van der Waals surface area contributed by atoms with Crippen molar-refractivity contribution in [1.82, 2.24) is 0 Å². The van der Waals surface area contributed by atoms with E-state index in [4.69, 9.17) is 25.8 Å². The van der Waals surface area contributed by atoms with Crippen LogP contribution in [0.2, 0.25) is 5.02 Å². The fourth-order valence-electron chi connectivity index (χ4n) is 12.8. The van der Waals surface area contributed by atoms with Crippen molar-refractivity contribution in [2.24, 2.45) is 56.7 Å². The Morgan fingerprint density at radius 1 is 0.904 bits per heavy atom. The summed E-state index contributed by atoms with van der Waals surface area (Å²) in [6.07, 6.45) is 7.15. The van der Waals surface area contributed by atoms with Gasteiger partial charge in [-0.2, -0.15) is 0 Å². The Labute approximate surface area is 313 Å². The van der Waals surface area contributed by atoms with Crippen LogP contribution in [-0.4, -0.2) is 42.6 Å². The van der Waals surface area contributed by atoms with Crippen molar-refractivity contribution in [3.8, 4) is 0 Å². The first-order chi connectivity index (χ1) is 24.2. The van der Waals surface area contributed by atoms with Gasteiger partial charge in [0.1, 0.15) is 24.6 Å². The average molecular weight is 742 g/mol. The number of anilines is 1. The van der Waals surface area contributed by atoms with Gasteiger partial charge in [0.15, 0.2) is 0 Å². The van der Waals surface area contributed by atoms with E-state index in [1.54, 1.807) is 12.1 Å². The lowest BCUT2D eigenvalue weighted by molar-refractivity contribution is -0.255. The molecule has 0 radical (unpaired) electrons. The molecule has 0 bridgehead atoms. The molecule has 1 amide bonds. The minimum absolute atomic E-state index is 0.00323. The SMILES string of the molecule is CC(=O)OC[C@@]1(C)[C@@H]2CC[C@]3(C)[C@H](CC=C4[C@@H]5[C@@H](C)[C@H](C)CC[C@]5(C(=O)Nc5ccc(Cl)cc5F)CC[C@]43C)[C@@]2(C)C[C@@H](OC(C)=O)[C@@H]1OC(C)=O. The van der Waals surface area contributed by atoms with Crippen molar-refractivity contribution < 1.29 is 37.8 Å². The first-order valence-electron chi connectivity index (χ1n) is 19.2. The quantitative estimate of drug-likeness (QED) is 0.176. The largest absolute Gasteiger partial charge is 0.465 e. The summed E-state index contributed by atoms with van der Waals surface area (Å²) in [5, 5.41) is 3.29. The van der Waals surface area contributed by atoms with E-state index in [9.17, 15) is 19.2 Å². The number of hydrogen-bond donors (Lipinski definition) is 1. The Morgan fingerprint density at radius 3 is 2.23 bits per heavy atom. The lowest BCUT2D eigenvalue weighted by Crippen LogP contribution is -2.69. The maximum absolute atomic E-state index is 15.0. The topological polar surface area (TPSA) is 108 Å². The fourth-order valence-corrected chi connectivity index (χ4v) is 12.9. The highest BCUT2D eigenvalue weighted by Crippen LogP contribution is 2.76. The third kappa shape index (κ3) is 5.90. The molecule has 0 unspecified atom stereocenters. The molecule has 0 aliphatic heterocycles. The van der Waals surface area contributed by atoms with Crippen LogP contribution in [0.15, 0.2) is 29.8 Å². The standard InChI is InChI=1S/C42H57ClFNO7/c1-23-14-17-42(37(49)45-31-12-10-28(43)20-30(31)44)19-18-40(8)29(35(42)24(23)2)11-13-34-38(6)21-32(51-26(4)47)36(52-27(5)48)39(7,22-50-25(3)46)33(38)15-16-41(34,40)9/h10-12,20,23-24,32-36H,13-19,21-22H2,1-9H3,(H,45,49)/t23-,24+,32-,33-,34-,35+,36+,38+,39+,40-,41-,42+/m1/s1. The van der Waals surface area contributed by atoms with Crippen LogP contribution < -0.4 is 5.32 Å². The van der Waals surface area contributed by atoms with E-state index in [2.05, 4.69) is 46.0 Å². The van der Waals surface area contributed by atoms with E-state index in [1.807, 2.05) is 6.92 Å². The molecular weight excluding hydrogens is 685 g/mol. The Bertz CT molecular complexity index is 1680. The van der Waals surface area contributed by atoms with E-state index in [-0.39, 0.29) is 63.1 Å². The Balaban J connectivity index is 1.43. The van der Waals surface area contributed by atoms with Crippen molar-refractivity contribution in [2.45, 2.75) is 126 Å². The number of ether oxygens (including phenoxy) is 3. The normalized spacial score (nSPS) is 42.2. The number of benzene rings is 1. The molecule has 52 heavy (non-hydrogen) atoms. The maximum atomic E-state index is 15.0. The second kappa shape index (κ2) is 13.4. The van der Waals surface area contributed by atoms with Crippen LogP contribution in [0, 0.1) is 62.5 Å². The predicted octanol–water partition coefficient (Wildman–Crippen LogP) is 9.09. The minimum Gasteiger partial charge on any atom is -0.465 e. The molecule has 0 aromatic heterocycles. The van der Waals surface area contributed by atoms with Crippen LogP contribution in [0.5, 0.6) is 0 Å². The highest BCUT2D eigenvalue weighted by molar-refractivity contribution is 6.30. The molecule has 0 spiro atoms. The van der Waals surface area contributed by atoms with Gasteiger partial charge in [0.2, 0.25) is 5.91 Å². The predicted molar refractivity (Wildman–Crippen MR) is 196 cm³/mol. The molecule has 5 aliphatic rings. The zero-order valence-electron chi connectivity index (χ0n) is 32.3. The molecule has 8 nitrogen and oxygen atoms in total. The van der Waals surface area contributed by atoms with Gasteiger partial charge in [0.25, 0.3) is 0 Å². The van der Waals surface area contributed by atoms with Gasteiger partial charge in [0.05, 0.1) is 11.1 Å². The van der Waals surface area contributed by atoms with E-state index in [0.717, 1.165) is 38.5 Å². The van der Waals surface area contributed by atoms with Gasteiger partial charge in [0, 0.05) is 31.2 Å². The number of carbonyl (C=O) groups excluding carboxylic acids is 4. The molecule has 0 saturated heterocycles. The van der Waals surface area contributed by atoms with Gasteiger partial charge in [-0.25, -0.2) is 4.39 Å². The van der Waals surface area contributed by atoms with Crippen LogP contribution in [0.1, 0.15) is 114 Å². The second-order valence-corrected chi connectivity index (χ2v) is 18.5. The molecule has 12 atom stereocenters. The summed E-state index contributed by atoms with van der Waals surface area (Å²) in [7, 11) is 0. The van der Waals surface area contributed by atoms with Crippen molar-refractivity contribution >= 4 is 41.1 Å². The van der Waals surface area contributed by atoms with Gasteiger partial charge < -0.3 is 19.5 Å². The summed E-state index contributed by atoms with van der Waals surface area (Å²) in [6.45, 7) is 17.9. The van der Waals surface area contributed by atoms with Crippen LogP contribution in [-0.2, 0) is 33.4 Å². The summed E-state index contributed by atoms with van der Waals surface area (Å²) in [4.78, 5) is 51.9. The van der Waals surface area contributed by atoms with Crippen molar-refractivity contribution in [3.63, 3.8) is 0 Å². The molecule has 6 rings (SSSR count). The molecular formula is C42H57ClFNO7. The smallest absolute Gasteiger partial charge is 0.303 e. The molecule has 286 valence electrons. The zero-order chi connectivity index (χ0) is 38.2. The van der Waals surface area contributed by atoms with Crippen LogP contribution >= 0.6 is 11.6 Å². The number of nitrogens with one attached hydrogen (secondary N) is 1. The van der Waals surface area contributed by atoms with Crippen LogP contribution in [0.3, 0.4) is 0 Å². The first kappa shape index (κ1) is 38.8. The summed E-state index contributed by atoms with van der Waals surface area (Å²) < 4.78 is 32.8. The summed E-state index contributed by atoms with van der Waals surface area (Å²) in [5.41, 5.74) is -0.734. The summed E-state index contributed by atoms with van der Waals surface area (Å²) >= 11 is 6.04. The third-order valence-electron chi connectivity index (χ3n) is 15.5. The number of halogens is 2. The first-order valence-corrected chi connectivity index (χ1v) is 19.6. The Morgan fingerprint density at radius 2 is 1.60 bits per heavy atom. The zero-order valence-corrected chi connectivity index (χ0v) is 33.1. The molecule has 5 aliphatic carbocycles. The molecule has 1 aromatic carbocycles. The third-order valence-corrected chi connectivity index (χ3v) is 15.7. The van der Waals surface area contributed by atoms with Gasteiger partial charge in [-0.15, -0.1) is 0 Å². The Hall–Kier alpha value is -2.94. The highest BCUT2D eigenvalue weighted by atomic mass is 35.5. The number of carbonyl (C=O) groups is 4. The van der Waals surface area contributed by atoms with Crippen molar-refractivity contribution in [3.05, 3.63) is 40.7 Å². The maximum Gasteiger partial charge on any atom is 0.303 e. The lowest BCUT2D eigenvalue weighted by atomic mass is 9.33. The molecule has 0 heterocycles.